The lowest BCUT2D eigenvalue weighted by molar-refractivity contribution is -0.904. The number of pyridine rings is 2. The van der Waals surface area contributed by atoms with Gasteiger partial charge in [-0.25, -0.2) is 9.99 Å². The van der Waals surface area contributed by atoms with Gasteiger partial charge in [0, 0.05) is 34.3 Å². The summed E-state index contributed by atoms with van der Waals surface area (Å²) in [6, 6.07) is 7.49. The van der Waals surface area contributed by atoms with Crippen LogP contribution < -0.4 is 14.5 Å². The standard InChI is InChI=1S/C19H17Cl2N4O2/c1-4-25(22-3)17-8-12(2)23-19-13(17)6-5-7-18(19)27-11-14-15(20)9-24(26)10-16(14)21/h4-10,26H,1,3,11H2,2H3/q+1. The second-order valence-corrected chi connectivity index (χ2v) is 6.52. The van der Waals surface area contributed by atoms with Crippen molar-refractivity contribution in [1.82, 2.24) is 4.98 Å². The van der Waals surface area contributed by atoms with E-state index >= 15 is 0 Å². The van der Waals surface area contributed by atoms with Crippen molar-refractivity contribution >= 4 is 46.5 Å². The highest BCUT2D eigenvalue weighted by molar-refractivity contribution is 6.35. The van der Waals surface area contributed by atoms with Crippen molar-refractivity contribution in [3.05, 3.63) is 70.7 Å². The van der Waals surface area contributed by atoms with Gasteiger partial charge in [0.05, 0.1) is 5.69 Å². The lowest BCUT2D eigenvalue weighted by atomic mass is 10.1. The predicted molar refractivity (Wildman–Crippen MR) is 107 cm³/mol. The number of benzene rings is 1. The monoisotopic (exact) mass is 403 g/mol. The number of hydrazone groups is 1. The van der Waals surface area contributed by atoms with Gasteiger partial charge in [-0.2, -0.15) is 5.10 Å². The molecule has 0 radical (unpaired) electrons. The summed E-state index contributed by atoms with van der Waals surface area (Å²) in [6.45, 7) is 9.33. The van der Waals surface area contributed by atoms with Gasteiger partial charge in [0.2, 0.25) is 12.4 Å². The number of aryl methyl sites for hydroxylation is 1. The average molecular weight is 404 g/mol. The molecule has 0 amide bonds. The van der Waals surface area contributed by atoms with E-state index in [-0.39, 0.29) is 6.61 Å². The summed E-state index contributed by atoms with van der Waals surface area (Å²) in [6.07, 6.45) is 4.25. The van der Waals surface area contributed by atoms with Gasteiger partial charge in [-0.15, -0.1) is 0 Å². The Balaban J connectivity index is 2.03. The van der Waals surface area contributed by atoms with E-state index < -0.39 is 0 Å². The molecule has 0 saturated heterocycles. The smallest absolute Gasteiger partial charge is 0.241 e. The number of halogens is 2. The number of ether oxygens (including phenoxy) is 1. The van der Waals surface area contributed by atoms with E-state index in [0.717, 1.165) is 21.5 Å². The van der Waals surface area contributed by atoms with Crippen LogP contribution in [-0.2, 0) is 6.61 Å². The number of para-hydroxylation sites is 1. The Morgan fingerprint density at radius 1 is 1.33 bits per heavy atom. The van der Waals surface area contributed by atoms with Crippen molar-refractivity contribution in [2.45, 2.75) is 13.5 Å². The Labute approximate surface area is 166 Å². The van der Waals surface area contributed by atoms with Crippen LogP contribution in [0.15, 0.2) is 54.5 Å². The summed E-state index contributed by atoms with van der Waals surface area (Å²) in [4.78, 5) is 4.60. The van der Waals surface area contributed by atoms with Crippen LogP contribution in [0.4, 0.5) is 5.69 Å². The molecule has 0 spiro atoms. The van der Waals surface area contributed by atoms with Crippen LogP contribution in [0, 0.1) is 6.92 Å². The maximum absolute atomic E-state index is 9.47. The highest BCUT2D eigenvalue weighted by Crippen LogP contribution is 2.33. The molecule has 0 atom stereocenters. The van der Waals surface area contributed by atoms with Gasteiger partial charge in [-0.05, 0) is 19.1 Å². The van der Waals surface area contributed by atoms with Gasteiger partial charge >= 0.3 is 0 Å². The number of fused-ring (bicyclic) bond motifs is 1. The van der Waals surface area contributed by atoms with Crippen molar-refractivity contribution in [3.8, 4) is 5.75 Å². The predicted octanol–water partition coefficient (Wildman–Crippen LogP) is 4.52. The summed E-state index contributed by atoms with van der Waals surface area (Å²) in [5.41, 5.74) is 2.82. The van der Waals surface area contributed by atoms with Crippen molar-refractivity contribution in [2.24, 2.45) is 5.10 Å². The quantitative estimate of drug-likeness (QED) is 0.284. The second-order valence-electron chi connectivity index (χ2n) is 5.70. The molecule has 0 unspecified atom stereocenters. The van der Waals surface area contributed by atoms with Gasteiger partial charge in [0.1, 0.15) is 27.9 Å². The lowest BCUT2D eigenvalue weighted by Gasteiger charge is -2.17. The zero-order chi connectivity index (χ0) is 19.6. The third kappa shape index (κ3) is 3.82. The summed E-state index contributed by atoms with van der Waals surface area (Å²) in [7, 11) is 0. The van der Waals surface area contributed by atoms with E-state index in [0.29, 0.717) is 26.9 Å². The summed E-state index contributed by atoms with van der Waals surface area (Å²) < 4.78 is 6.75. The molecule has 0 aliphatic rings. The van der Waals surface area contributed by atoms with Gasteiger partial charge in [-0.3, -0.25) is 5.21 Å². The first kappa shape index (κ1) is 18.9. The van der Waals surface area contributed by atoms with Crippen LogP contribution in [0.1, 0.15) is 11.3 Å². The van der Waals surface area contributed by atoms with E-state index in [2.05, 4.69) is 23.4 Å². The maximum atomic E-state index is 9.47. The summed E-state index contributed by atoms with van der Waals surface area (Å²) in [5, 5.41) is 16.4. The molecule has 0 bridgehead atoms. The van der Waals surface area contributed by atoms with Crippen LogP contribution in [0.2, 0.25) is 10.0 Å². The zero-order valence-corrected chi connectivity index (χ0v) is 16.1. The topological polar surface area (TPSA) is 61.8 Å². The fourth-order valence-corrected chi connectivity index (χ4v) is 3.26. The van der Waals surface area contributed by atoms with Crippen LogP contribution >= 0.6 is 23.2 Å². The lowest BCUT2D eigenvalue weighted by Crippen LogP contribution is -2.29. The highest BCUT2D eigenvalue weighted by atomic mass is 35.5. The number of hydrogen-bond donors (Lipinski definition) is 1. The molecular weight excluding hydrogens is 387 g/mol. The van der Waals surface area contributed by atoms with Crippen LogP contribution in [0.25, 0.3) is 10.9 Å². The third-order valence-corrected chi connectivity index (χ3v) is 4.57. The van der Waals surface area contributed by atoms with E-state index in [4.69, 9.17) is 27.9 Å². The Morgan fingerprint density at radius 3 is 2.67 bits per heavy atom. The molecule has 0 saturated carbocycles. The molecule has 2 heterocycles. The molecule has 3 rings (SSSR count). The first-order valence-corrected chi connectivity index (χ1v) is 8.70. The molecule has 0 fully saturated rings. The molecule has 6 nitrogen and oxygen atoms in total. The minimum Gasteiger partial charge on any atom is -0.486 e. The minimum atomic E-state index is 0.119. The molecule has 1 aromatic carbocycles. The molecular formula is C19H17Cl2N4O2+. The molecule has 27 heavy (non-hydrogen) atoms. The van der Waals surface area contributed by atoms with Crippen molar-refractivity contribution < 1.29 is 14.7 Å². The van der Waals surface area contributed by atoms with E-state index in [9.17, 15) is 5.21 Å². The summed E-state index contributed by atoms with van der Waals surface area (Å²) in [5.74, 6) is 0.568. The van der Waals surface area contributed by atoms with Crippen molar-refractivity contribution in [1.29, 1.82) is 0 Å². The Kier molecular flexibility index (Phi) is 5.48. The number of hydrogen-bond acceptors (Lipinski definition) is 5. The number of anilines is 1. The number of aromatic nitrogens is 2. The maximum Gasteiger partial charge on any atom is 0.241 e. The van der Waals surface area contributed by atoms with E-state index in [1.165, 1.54) is 12.4 Å². The van der Waals surface area contributed by atoms with Crippen LogP contribution in [0.3, 0.4) is 0 Å². The molecule has 2 aromatic heterocycles. The first-order valence-electron chi connectivity index (χ1n) is 7.94. The molecule has 138 valence electrons. The van der Waals surface area contributed by atoms with E-state index in [1.807, 2.05) is 31.2 Å². The van der Waals surface area contributed by atoms with Crippen LogP contribution in [-0.4, -0.2) is 16.9 Å². The molecule has 8 heteroatoms. The highest BCUT2D eigenvalue weighted by Gasteiger charge is 2.16. The molecule has 3 aromatic rings. The Morgan fingerprint density at radius 2 is 2.04 bits per heavy atom. The SMILES string of the molecule is C=CN(N=C)c1cc(C)nc2c(OCc3c(Cl)c[n+](O)cc3Cl)cccc12. The van der Waals surface area contributed by atoms with E-state index in [1.54, 1.807) is 11.2 Å². The van der Waals surface area contributed by atoms with Gasteiger partial charge in [-0.1, -0.05) is 41.9 Å². The Hall–Kier alpha value is -2.83. The largest absolute Gasteiger partial charge is 0.486 e. The van der Waals surface area contributed by atoms with Crippen molar-refractivity contribution in [2.75, 3.05) is 5.01 Å². The van der Waals surface area contributed by atoms with Crippen LogP contribution in [0.5, 0.6) is 5.75 Å². The minimum absolute atomic E-state index is 0.119. The second kappa shape index (κ2) is 7.82. The Bertz CT molecular complexity index is 1010. The first-order chi connectivity index (χ1) is 12.9. The zero-order valence-electron chi connectivity index (χ0n) is 14.6. The fraction of sp³-hybridized carbons (Fsp3) is 0.105. The summed E-state index contributed by atoms with van der Waals surface area (Å²) >= 11 is 12.3. The number of rotatable bonds is 6. The molecule has 1 N–H and O–H groups in total. The van der Waals surface area contributed by atoms with Gasteiger partial charge < -0.3 is 4.74 Å². The number of nitrogens with zero attached hydrogens (tertiary/aromatic N) is 4. The molecule has 0 aliphatic heterocycles. The third-order valence-electron chi connectivity index (χ3n) is 3.92. The fourth-order valence-electron chi connectivity index (χ4n) is 2.69. The van der Waals surface area contributed by atoms with Gasteiger partial charge in [0.15, 0.2) is 0 Å². The van der Waals surface area contributed by atoms with Gasteiger partial charge in [0.25, 0.3) is 0 Å². The average Bonchev–Trinajstić information content (AvgIpc) is 2.62. The normalized spacial score (nSPS) is 10.6. The molecule has 0 aliphatic carbocycles. The van der Waals surface area contributed by atoms with Crippen molar-refractivity contribution in [3.63, 3.8) is 0 Å².